The molecule has 0 aliphatic carbocycles. The lowest BCUT2D eigenvalue weighted by atomic mass is 10.0. The van der Waals surface area contributed by atoms with E-state index in [1.54, 1.807) is 24.4 Å². The lowest BCUT2D eigenvalue weighted by molar-refractivity contribution is -0.116. The van der Waals surface area contributed by atoms with Crippen molar-refractivity contribution in [2.45, 2.75) is 25.4 Å². The molecule has 0 saturated carbocycles. The van der Waals surface area contributed by atoms with Gasteiger partial charge in [0.25, 0.3) is 0 Å². The SMILES string of the molecule is Cc1cc(C(=O)O)ccc1-c1ccc(C2C(c3ccccn3)NC(=S)N2CCC(=O)Nc2ccc(F)cc2)o1. The number of aryl methyl sites for hydroxylation is 1. The Morgan fingerprint density at radius 1 is 1.13 bits per heavy atom. The summed E-state index contributed by atoms with van der Waals surface area (Å²) in [5.74, 6) is -0.401. The van der Waals surface area contributed by atoms with Gasteiger partial charge in [-0.2, -0.15) is 0 Å². The van der Waals surface area contributed by atoms with Crippen LogP contribution in [0.3, 0.4) is 0 Å². The molecule has 1 fully saturated rings. The van der Waals surface area contributed by atoms with Crippen LogP contribution in [0.1, 0.15) is 45.9 Å². The summed E-state index contributed by atoms with van der Waals surface area (Å²) in [6.07, 6.45) is 1.84. The van der Waals surface area contributed by atoms with Crippen molar-refractivity contribution >= 4 is 34.9 Å². The van der Waals surface area contributed by atoms with Crippen molar-refractivity contribution in [3.05, 3.63) is 107 Å². The summed E-state index contributed by atoms with van der Waals surface area (Å²) < 4.78 is 19.5. The van der Waals surface area contributed by atoms with Crippen molar-refractivity contribution in [3.8, 4) is 11.3 Å². The number of aromatic nitrogens is 1. The van der Waals surface area contributed by atoms with Crippen LogP contribution in [0.25, 0.3) is 11.3 Å². The number of nitrogens with zero attached hydrogens (tertiary/aromatic N) is 2. The zero-order valence-electron chi connectivity index (χ0n) is 20.9. The molecule has 3 heterocycles. The number of anilines is 1. The second kappa shape index (κ2) is 11.0. The minimum absolute atomic E-state index is 0.133. The highest BCUT2D eigenvalue weighted by atomic mass is 32.1. The van der Waals surface area contributed by atoms with Gasteiger partial charge in [-0.05, 0) is 85.4 Å². The third-order valence-electron chi connectivity index (χ3n) is 6.56. The Morgan fingerprint density at radius 3 is 2.62 bits per heavy atom. The largest absolute Gasteiger partial charge is 0.478 e. The molecule has 1 amide bonds. The Labute approximate surface area is 229 Å². The van der Waals surface area contributed by atoms with Crippen molar-refractivity contribution in [2.75, 3.05) is 11.9 Å². The number of halogens is 1. The van der Waals surface area contributed by atoms with Crippen LogP contribution >= 0.6 is 12.2 Å². The fourth-order valence-corrected chi connectivity index (χ4v) is 5.00. The first-order valence-corrected chi connectivity index (χ1v) is 12.7. The third kappa shape index (κ3) is 5.65. The quantitative estimate of drug-likeness (QED) is 0.250. The van der Waals surface area contributed by atoms with Gasteiger partial charge in [-0.3, -0.25) is 9.78 Å². The zero-order valence-corrected chi connectivity index (χ0v) is 21.7. The Morgan fingerprint density at radius 2 is 1.92 bits per heavy atom. The summed E-state index contributed by atoms with van der Waals surface area (Å²) in [6, 6.07) is 19.1. The molecule has 2 unspecified atom stereocenters. The highest BCUT2D eigenvalue weighted by Gasteiger charge is 2.41. The number of nitrogens with one attached hydrogen (secondary N) is 2. The molecular weight excluding hydrogens is 519 g/mol. The number of hydrogen-bond donors (Lipinski definition) is 3. The molecule has 1 saturated heterocycles. The number of benzene rings is 2. The molecule has 0 radical (unpaired) electrons. The number of amides is 1. The average molecular weight is 545 g/mol. The Balaban J connectivity index is 1.41. The monoisotopic (exact) mass is 544 g/mol. The molecule has 0 spiro atoms. The maximum Gasteiger partial charge on any atom is 0.335 e. The molecule has 39 heavy (non-hydrogen) atoms. The first kappa shape index (κ1) is 26.1. The molecule has 1 aliphatic rings. The van der Waals surface area contributed by atoms with Gasteiger partial charge in [-0.1, -0.05) is 12.1 Å². The fourth-order valence-electron chi connectivity index (χ4n) is 4.66. The number of hydrogen-bond acceptors (Lipinski definition) is 5. The normalized spacial score (nSPS) is 16.7. The highest BCUT2D eigenvalue weighted by Crippen LogP contribution is 2.40. The van der Waals surface area contributed by atoms with Crippen LogP contribution < -0.4 is 10.6 Å². The number of carbonyl (C=O) groups excluding carboxylic acids is 1. The number of thiocarbonyl (C=S) groups is 1. The van der Waals surface area contributed by atoms with E-state index in [0.29, 0.717) is 28.9 Å². The second-order valence-electron chi connectivity index (χ2n) is 9.16. The summed E-state index contributed by atoms with van der Waals surface area (Å²) in [4.78, 5) is 30.4. The van der Waals surface area contributed by atoms with E-state index in [1.165, 1.54) is 24.3 Å². The Hall–Kier alpha value is -4.57. The minimum atomic E-state index is -0.993. The van der Waals surface area contributed by atoms with Gasteiger partial charge in [0.05, 0.1) is 17.3 Å². The lowest BCUT2D eigenvalue weighted by Gasteiger charge is -2.25. The fraction of sp³-hybridized carbons (Fsp3) is 0.172. The van der Waals surface area contributed by atoms with Gasteiger partial charge in [-0.15, -0.1) is 0 Å². The lowest BCUT2D eigenvalue weighted by Crippen LogP contribution is -2.32. The summed E-state index contributed by atoms with van der Waals surface area (Å²) >= 11 is 5.67. The van der Waals surface area contributed by atoms with Crippen LogP contribution in [-0.4, -0.2) is 38.5 Å². The van der Waals surface area contributed by atoms with E-state index in [2.05, 4.69) is 15.6 Å². The van der Waals surface area contributed by atoms with E-state index in [9.17, 15) is 19.1 Å². The number of aromatic carboxylic acids is 1. The third-order valence-corrected chi connectivity index (χ3v) is 6.91. The van der Waals surface area contributed by atoms with E-state index in [4.69, 9.17) is 16.6 Å². The molecular formula is C29H25FN4O4S. The van der Waals surface area contributed by atoms with Gasteiger partial charge in [0.1, 0.15) is 23.4 Å². The van der Waals surface area contributed by atoms with E-state index in [1.807, 2.05) is 42.2 Å². The predicted molar refractivity (Wildman–Crippen MR) is 148 cm³/mol. The highest BCUT2D eigenvalue weighted by molar-refractivity contribution is 7.80. The van der Waals surface area contributed by atoms with Crippen LogP contribution in [0.15, 0.2) is 83.4 Å². The maximum absolute atomic E-state index is 13.2. The number of carboxylic acid groups (broad SMARTS) is 1. The van der Waals surface area contributed by atoms with Crippen LogP contribution in [0, 0.1) is 12.7 Å². The van der Waals surface area contributed by atoms with Gasteiger partial charge in [0, 0.05) is 30.4 Å². The predicted octanol–water partition coefficient (Wildman–Crippen LogP) is 5.49. The molecule has 1 aliphatic heterocycles. The van der Waals surface area contributed by atoms with Crippen LogP contribution in [0.4, 0.5) is 10.1 Å². The molecule has 2 aromatic heterocycles. The molecule has 2 atom stereocenters. The van der Waals surface area contributed by atoms with Gasteiger partial charge >= 0.3 is 5.97 Å². The molecule has 2 aromatic carbocycles. The van der Waals surface area contributed by atoms with Crippen LogP contribution in [0.2, 0.25) is 0 Å². The molecule has 8 nitrogen and oxygen atoms in total. The topological polar surface area (TPSA) is 108 Å². The molecule has 0 bridgehead atoms. The summed E-state index contributed by atoms with van der Waals surface area (Å²) in [5.41, 5.74) is 3.02. The van der Waals surface area contributed by atoms with Crippen LogP contribution in [0.5, 0.6) is 0 Å². The average Bonchev–Trinajstić information content (AvgIpc) is 3.53. The molecule has 198 valence electrons. The van der Waals surface area contributed by atoms with Crippen molar-refractivity contribution in [3.63, 3.8) is 0 Å². The Bertz CT molecular complexity index is 1520. The minimum Gasteiger partial charge on any atom is -0.478 e. The number of furan rings is 1. The molecule has 3 N–H and O–H groups in total. The van der Waals surface area contributed by atoms with Gasteiger partial charge in [0.15, 0.2) is 5.11 Å². The number of pyridine rings is 1. The molecule has 10 heteroatoms. The van der Waals surface area contributed by atoms with E-state index < -0.39 is 12.0 Å². The second-order valence-corrected chi connectivity index (χ2v) is 9.55. The van der Waals surface area contributed by atoms with Gasteiger partial charge in [-0.25, -0.2) is 9.18 Å². The molecule has 5 rings (SSSR count). The summed E-state index contributed by atoms with van der Waals surface area (Å²) in [7, 11) is 0. The first-order chi connectivity index (χ1) is 18.8. The van der Waals surface area contributed by atoms with Crippen LogP contribution in [-0.2, 0) is 4.79 Å². The summed E-state index contributed by atoms with van der Waals surface area (Å²) in [6.45, 7) is 2.13. The van der Waals surface area contributed by atoms with E-state index in [0.717, 1.165) is 16.8 Å². The number of carboxylic acids is 1. The van der Waals surface area contributed by atoms with Gasteiger partial charge in [0.2, 0.25) is 5.91 Å². The van der Waals surface area contributed by atoms with Crippen molar-refractivity contribution in [1.29, 1.82) is 0 Å². The zero-order chi connectivity index (χ0) is 27.5. The van der Waals surface area contributed by atoms with Crippen molar-refractivity contribution in [1.82, 2.24) is 15.2 Å². The first-order valence-electron chi connectivity index (χ1n) is 12.3. The number of rotatable bonds is 8. The standard InChI is InChI=1S/C29H25FN4O4S/c1-17-16-18(28(36)37)5-10-21(17)23-11-12-24(38-23)27-26(22-4-2-3-14-31-22)33-29(39)34(27)15-13-25(35)32-20-8-6-19(30)7-9-20/h2-12,14,16,26-27H,13,15H2,1H3,(H,32,35)(H,33,39)(H,36,37). The smallest absolute Gasteiger partial charge is 0.335 e. The van der Waals surface area contributed by atoms with Crippen molar-refractivity contribution in [2.24, 2.45) is 0 Å². The van der Waals surface area contributed by atoms with E-state index in [-0.39, 0.29) is 29.8 Å². The Kier molecular flexibility index (Phi) is 7.38. The molecule has 4 aromatic rings. The summed E-state index contributed by atoms with van der Waals surface area (Å²) in [5, 5.41) is 15.9. The number of carbonyl (C=O) groups is 2. The van der Waals surface area contributed by atoms with Crippen molar-refractivity contribution < 1.29 is 23.5 Å². The van der Waals surface area contributed by atoms with Gasteiger partial charge < -0.3 is 25.1 Å². The maximum atomic E-state index is 13.2. The van der Waals surface area contributed by atoms with E-state index >= 15 is 0 Å².